The molecular formula is C22H22N6O4S. The molecule has 0 unspecified atom stereocenters. The Balaban J connectivity index is 1.57. The Morgan fingerprint density at radius 2 is 1.52 bits per heavy atom. The smallest absolute Gasteiger partial charge is 0.277 e. The van der Waals surface area contributed by atoms with Crippen LogP contribution in [0.1, 0.15) is 28.8 Å². The molecule has 2 heterocycles. The molecule has 1 aromatic heterocycles. The van der Waals surface area contributed by atoms with Crippen LogP contribution in [0.2, 0.25) is 0 Å². The third-order valence-electron chi connectivity index (χ3n) is 5.70. The Hall–Kier alpha value is -3.70. The van der Waals surface area contributed by atoms with Crippen LogP contribution < -0.4 is 10.7 Å². The largest absolute Gasteiger partial charge is 0.345 e. The SMILES string of the molecule is O=NNC(=O)c1cnc(NC2(c3ccccc3)CCN(S(=O)(=O)c3ccccc3)CC2)nc1. The average molecular weight is 467 g/mol. The van der Waals surface area contributed by atoms with E-state index in [9.17, 15) is 18.1 Å². The summed E-state index contributed by atoms with van der Waals surface area (Å²) in [5.41, 5.74) is 2.28. The van der Waals surface area contributed by atoms with Gasteiger partial charge in [0.15, 0.2) is 0 Å². The van der Waals surface area contributed by atoms with Crippen LogP contribution in [-0.4, -0.2) is 41.7 Å². The minimum absolute atomic E-state index is 0.0951. The fourth-order valence-electron chi connectivity index (χ4n) is 3.92. The third-order valence-corrected chi connectivity index (χ3v) is 7.61. The van der Waals surface area contributed by atoms with Gasteiger partial charge in [-0.3, -0.25) is 4.79 Å². The monoisotopic (exact) mass is 466 g/mol. The van der Waals surface area contributed by atoms with Crippen molar-refractivity contribution >= 4 is 21.9 Å². The number of anilines is 1. The summed E-state index contributed by atoms with van der Waals surface area (Å²) < 4.78 is 27.6. The van der Waals surface area contributed by atoms with Gasteiger partial charge in [-0.2, -0.15) is 4.31 Å². The van der Waals surface area contributed by atoms with Gasteiger partial charge in [0.1, 0.15) is 0 Å². The molecule has 2 aromatic carbocycles. The van der Waals surface area contributed by atoms with Crippen molar-refractivity contribution in [3.05, 3.63) is 89.1 Å². The Morgan fingerprint density at radius 1 is 0.939 bits per heavy atom. The molecule has 0 aliphatic carbocycles. The lowest BCUT2D eigenvalue weighted by Gasteiger charge is -2.42. The van der Waals surface area contributed by atoms with Crippen LogP contribution >= 0.6 is 0 Å². The van der Waals surface area contributed by atoms with Gasteiger partial charge in [0.05, 0.1) is 21.3 Å². The molecule has 1 aliphatic rings. The van der Waals surface area contributed by atoms with E-state index in [1.165, 1.54) is 16.7 Å². The van der Waals surface area contributed by atoms with E-state index in [1.807, 2.05) is 30.3 Å². The number of carbonyl (C=O) groups is 1. The van der Waals surface area contributed by atoms with Crippen molar-refractivity contribution in [2.75, 3.05) is 18.4 Å². The Bertz CT molecular complexity index is 1210. The summed E-state index contributed by atoms with van der Waals surface area (Å²) in [6.45, 7) is 0.620. The van der Waals surface area contributed by atoms with Gasteiger partial charge in [-0.05, 0) is 30.5 Å². The van der Waals surface area contributed by atoms with E-state index in [4.69, 9.17) is 0 Å². The number of rotatable bonds is 7. The van der Waals surface area contributed by atoms with E-state index in [0.717, 1.165) is 5.56 Å². The van der Waals surface area contributed by atoms with E-state index in [0.29, 0.717) is 25.9 Å². The molecule has 0 spiro atoms. The number of sulfonamides is 1. The minimum atomic E-state index is -3.59. The van der Waals surface area contributed by atoms with Gasteiger partial charge < -0.3 is 5.32 Å². The first-order valence-corrected chi connectivity index (χ1v) is 11.7. The lowest BCUT2D eigenvalue weighted by atomic mass is 9.81. The topological polar surface area (TPSA) is 134 Å². The van der Waals surface area contributed by atoms with Crippen molar-refractivity contribution in [3.63, 3.8) is 0 Å². The van der Waals surface area contributed by atoms with Crippen molar-refractivity contribution in [3.8, 4) is 0 Å². The van der Waals surface area contributed by atoms with Crippen molar-refractivity contribution in [1.82, 2.24) is 19.7 Å². The highest BCUT2D eigenvalue weighted by Crippen LogP contribution is 2.37. The summed E-state index contributed by atoms with van der Waals surface area (Å²) in [7, 11) is -3.59. The quantitative estimate of drug-likeness (QED) is 0.404. The molecule has 1 aliphatic heterocycles. The maximum Gasteiger partial charge on any atom is 0.277 e. The molecule has 1 saturated heterocycles. The zero-order chi connectivity index (χ0) is 23.3. The zero-order valence-corrected chi connectivity index (χ0v) is 18.4. The van der Waals surface area contributed by atoms with E-state index < -0.39 is 21.5 Å². The lowest BCUT2D eigenvalue weighted by Crippen LogP contribution is -2.49. The van der Waals surface area contributed by atoms with E-state index in [2.05, 4.69) is 20.6 Å². The molecule has 1 fully saturated rings. The fraction of sp³-hybridized carbons (Fsp3) is 0.227. The van der Waals surface area contributed by atoms with Crippen LogP contribution in [-0.2, 0) is 15.6 Å². The predicted octanol–water partition coefficient (Wildman–Crippen LogP) is 2.68. The van der Waals surface area contributed by atoms with Gasteiger partial charge in [0, 0.05) is 25.5 Å². The molecule has 1 amide bonds. The third kappa shape index (κ3) is 4.73. The number of nitroso groups, excluding NO2 is 1. The summed E-state index contributed by atoms with van der Waals surface area (Å²) in [6, 6.07) is 18.1. The lowest BCUT2D eigenvalue weighted by molar-refractivity contribution is 0.0953. The van der Waals surface area contributed by atoms with E-state index >= 15 is 0 Å². The number of carbonyl (C=O) groups excluding carboxylic acids is 1. The number of nitrogens with one attached hydrogen (secondary N) is 2. The number of aromatic nitrogens is 2. The highest BCUT2D eigenvalue weighted by molar-refractivity contribution is 7.89. The maximum atomic E-state index is 13.1. The van der Waals surface area contributed by atoms with Crippen molar-refractivity contribution < 1.29 is 13.2 Å². The van der Waals surface area contributed by atoms with Crippen LogP contribution in [0.4, 0.5) is 5.95 Å². The summed E-state index contributed by atoms with van der Waals surface area (Å²) in [4.78, 5) is 30.6. The molecule has 0 saturated carbocycles. The van der Waals surface area contributed by atoms with Gasteiger partial charge in [0.25, 0.3) is 5.91 Å². The van der Waals surface area contributed by atoms with Gasteiger partial charge in [0.2, 0.25) is 16.0 Å². The molecule has 4 rings (SSSR count). The summed E-state index contributed by atoms with van der Waals surface area (Å²) >= 11 is 0. The average Bonchev–Trinajstić information content (AvgIpc) is 2.86. The van der Waals surface area contributed by atoms with E-state index in [1.54, 1.807) is 35.8 Å². The van der Waals surface area contributed by atoms with Crippen LogP contribution in [0.3, 0.4) is 0 Å². The predicted molar refractivity (Wildman–Crippen MR) is 121 cm³/mol. The van der Waals surface area contributed by atoms with Gasteiger partial charge in [-0.15, -0.1) is 4.91 Å². The van der Waals surface area contributed by atoms with Gasteiger partial charge in [-0.25, -0.2) is 23.8 Å². The fourth-order valence-corrected chi connectivity index (χ4v) is 5.39. The molecule has 10 nitrogen and oxygen atoms in total. The molecule has 170 valence electrons. The highest BCUT2D eigenvalue weighted by atomic mass is 32.2. The van der Waals surface area contributed by atoms with Crippen LogP contribution in [0.15, 0.2) is 83.2 Å². The summed E-state index contributed by atoms with van der Waals surface area (Å²) in [6.07, 6.45) is 3.57. The van der Waals surface area contributed by atoms with Crippen LogP contribution in [0, 0.1) is 4.91 Å². The van der Waals surface area contributed by atoms with Crippen LogP contribution in [0.25, 0.3) is 0 Å². The van der Waals surface area contributed by atoms with Crippen molar-refractivity contribution in [1.29, 1.82) is 0 Å². The first-order chi connectivity index (χ1) is 15.9. The Morgan fingerprint density at radius 3 is 2.09 bits per heavy atom. The van der Waals surface area contributed by atoms with E-state index in [-0.39, 0.29) is 16.4 Å². The minimum Gasteiger partial charge on any atom is -0.345 e. The molecule has 11 heteroatoms. The first kappa shape index (κ1) is 22.5. The molecule has 0 atom stereocenters. The van der Waals surface area contributed by atoms with Gasteiger partial charge in [-0.1, -0.05) is 48.5 Å². The first-order valence-electron chi connectivity index (χ1n) is 10.3. The van der Waals surface area contributed by atoms with Crippen molar-refractivity contribution in [2.24, 2.45) is 5.29 Å². The zero-order valence-electron chi connectivity index (χ0n) is 17.6. The number of piperidine rings is 1. The second kappa shape index (κ2) is 9.43. The highest BCUT2D eigenvalue weighted by Gasteiger charge is 2.40. The number of amides is 1. The Labute approximate surface area is 191 Å². The summed E-state index contributed by atoms with van der Waals surface area (Å²) in [5.74, 6) is -0.414. The molecular weight excluding hydrogens is 444 g/mol. The number of hydrogen-bond acceptors (Lipinski definition) is 8. The second-order valence-corrected chi connectivity index (χ2v) is 9.56. The van der Waals surface area contributed by atoms with Gasteiger partial charge >= 0.3 is 0 Å². The second-order valence-electron chi connectivity index (χ2n) is 7.62. The number of benzene rings is 2. The Kier molecular flexibility index (Phi) is 6.43. The molecule has 0 radical (unpaired) electrons. The normalized spacial score (nSPS) is 16.0. The molecule has 3 aromatic rings. The number of nitrogens with zero attached hydrogens (tertiary/aromatic N) is 4. The summed E-state index contributed by atoms with van der Waals surface area (Å²) in [5, 5.41) is 5.71. The molecule has 0 bridgehead atoms. The van der Waals surface area contributed by atoms with Crippen molar-refractivity contribution in [2.45, 2.75) is 23.3 Å². The molecule has 2 N–H and O–H groups in total. The van der Waals surface area contributed by atoms with Crippen LogP contribution in [0.5, 0.6) is 0 Å². The number of hydrogen-bond donors (Lipinski definition) is 2. The standard InChI is InChI=1S/C22H22N6O4S/c29-20(26-27-30)17-15-23-21(24-16-17)25-22(18-7-3-1-4-8-18)11-13-28(14-12-22)33(31,32)19-9-5-2-6-10-19/h1-10,15-16H,11-14H2,(H,23,24,25)(H,26,29,30). The maximum absolute atomic E-state index is 13.1. The molecule has 33 heavy (non-hydrogen) atoms.